The zero-order chi connectivity index (χ0) is 23.5. The summed E-state index contributed by atoms with van der Waals surface area (Å²) in [4.78, 5) is 32.1. The van der Waals surface area contributed by atoms with E-state index in [2.05, 4.69) is 15.9 Å². The summed E-state index contributed by atoms with van der Waals surface area (Å²) >= 11 is 9.70. The van der Waals surface area contributed by atoms with Gasteiger partial charge in [0.05, 0.1) is 7.11 Å². The highest BCUT2D eigenvalue weighted by Crippen LogP contribution is 2.34. The lowest BCUT2D eigenvalue weighted by molar-refractivity contribution is -0.133. The Morgan fingerprint density at radius 2 is 1.58 bits per heavy atom. The van der Waals surface area contributed by atoms with Crippen LogP contribution in [-0.2, 0) is 11.3 Å². The Balaban J connectivity index is 1.67. The minimum absolute atomic E-state index is 0.0651. The Hall–Kier alpha value is -3.04. The second kappa shape index (κ2) is 9.84. The van der Waals surface area contributed by atoms with E-state index in [0.29, 0.717) is 47.3 Å². The number of hydrogen-bond acceptors (Lipinski definition) is 4. The van der Waals surface area contributed by atoms with Gasteiger partial charge in [0, 0.05) is 42.3 Å². The van der Waals surface area contributed by atoms with E-state index in [-0.39, 0.29) is 12.5 Å². The standard InChI is InChI=1S/C23H22BrClN4O4/c1-33-18-8-4-16(5-9-18)22-26-20(15-2-6-17(25)7-3-15)21(24)29(22)14-19(30)27-10-12-28(13-11-27)23(31)32/h2-9H,10-14H2,1H3,(H,31,32). The van der Waals surface area contributed by atoms with E-state index in [0.717, 1.165) is 16.9 Å². The van der Waals surface area contributed by atoms with Gasteiger partial charge in [0.1, 0.15) is 28.4 Å². The van der Waals surface area contributed by atoms with Crippen LogP contribution in [0.15, 0.2) is 53.1 Å². The van der Waals surface area contributed by atoms with Crippen LogP contribution in [0, 0.1) is 0 Å². The number of nitrogens with zero attached hydrogens (tertiary/aromatic N) is 4. The van der Waals surface area contributed by atoms with Gasteiger partial charge in [-0.25, -0.2) is 9.78 Å². The Morgan fingerprint density at radius 1 is 1.00 bits per heavy atom. The molecular weight excluding hydrogens is 512 g/mol. The third-order valence-corrected chi connectivity index (χ3v) is 6.62. The van der Waals surface area contributed by atoms with Crippen molar-refractivity contribution in [3.05, 3.63) is 58.2 Å². The van der Waals surface area contributed by atoms with E-state index in [1.165, 1.54) is 4.90 Å². The fourth-order valence-corrected chi connectivity index (χ4v) is 4.45. The monoisotopic (exact) mass is 532 g/mol. The molecule has 2 amide bonds. The summed E-state index contributed by atoms with van der Waals surface area (Å²) in [6.45, 7) is 1.38. The second-order valence-corrected chi connectivity index (χ2v) is 8.73. The van der Waals surface area contributed by atoms with E-state index in [1.807, 2.05) is 41.0 Å². The smallest absolute Gasteiger partial charge is 0.407 e. The van der Waals surface area contributed by atoms with Gasteiger partial charge in [-0.1, -0.05) is 23.7 Å². The van der Waals surface area contributed by atoms with E-state index in [1.54, 1.807) is 24.1 Å². The SMILES string of the molecule is COc1ccc(-c2nc(-c3ccc(Cl)cc3)c(Br)n2CC(=O)N2CCN(C(=O)O)CC2)cc1. The van der Waals surface area contributed by atoms with Gasteiger partial charge in [0.2, 0.25) is 5.91 Å². The molecule has 2 heterocycles. The highest BCUT2D eigenvalue weighted by Gasteiger charge is 2.26. The van der Waals surface area contributed by atoms with Crippen LogP contribution in [0.2, 0.25) is 5.02 Å². The molecule has 4 rings (SSSR count). The Kier molecular flexibility index (Phi) is 6.90. The number of benzene rings is 2. The lowest BCUT2D eigenvalue weighted by Gasteiger charge is -2.33. The average Bonchev–Trinajstić information content (AvgIpc) is 3.15. The predicted octanol–water partition coefficient (Wildman–Crippen LogP) is 4.46. The topological polar surface area (TPSA) is 87.9 Å². The fraction of sp³-hybridized carbons (Fsp3) is 0.261. The quantitative estimate of drug-likeness (QED) is 0.523. The predicted molar refractivity (Wildman–Crippen MR) is 129 cm³/mol. The molecule has 0 spiro atoms. The average molecular weight is 534 g/mol. The van der Waals surface area contributed by atoms with Crippen molar-refractivity contribution < 1.29 is 19.4 Å². The number of carbonyl (C=O) groups excluding carboxylic acids is 1. The number of aromatic nitrogens is 2. The molecule has 172 valence electrons. The van der Waals surface area contributed by atoms with E-state index in [9.17, 15) is 9.59 Å². The van der Waals surface area contributed by atoms with Crippen molar-refractivity contribution in [2.75, 3.05) is 33.3 Å². The molecule has 1 saturated heterocycles. The molecule has 2 aromatic carbocycles. The summed E-state index contributed by atoms with van der Waals surface area (Å²) in [5, 5.41) is 9.77. The van der Waals surface area contributed by atoms with E-state index >= 15 is 0 Å². The number of hydrogen-bond donors (Lipinski definition) is 1. The van der Waals surface area contributed by atoms with Crippen molar-refractivity contribution in [1.82, 2.24) is 19.4 Å². The maximum Gasteiger partial charge on any atom is 0.407 e. The number of methoxy groups -OCH3 is 1. The van der Waals surface area contributed by atoms with Crippen LogP contribution in [0.3, 0.4) is 0 Å². The van der Waals surface area contributed by atoms with Gasteiger partial charge in [0.25, 0.3) is 0 Å². The normalized spacial score (nSPS) is 13.8. The van der Waals surface area contributed by atoms with Crippen molar-refractivity contribution in [2.45, 2.75) is 6.54 Å². The van der Waals surface area contributed by atoms with Gasteiger partial charge in [-0.3, -0.25) is 4.79 Å². The first kappa shape index (κ1) is 23.1. The second-order valence-electron chi connectivity index (χ2n) is 7.55. The Bertz CT molecular complexity index is 1160. The first-order valence-electron chi connectivity index (χ1n) is 10.3. The number of halogens is 2. The van der Waals surface area contributed by atoms with Crippen LogP contribution in [0.25, 0.3) is 22.6 Å². The number of carboxylic acid groups (broad SMARTS) is 1. The molecule has 0 atom stereocenters. The summed E-state index contributed by atoms with van der Waals surface area (Å²) < 4.78 is 7.76. The molecule has 1 aliphatic rings. The highest BCUT2D eigenvalue weighted by atomic mass is 79.9. The van der Waals surface area contributed by atoms with Gasteiger partial charge >= 0.3 is 6.09 Å². The number of imidazole rings is 1. The number of amides is 2. The first-order valence-corrected chi connectivity index (χ1v) is 11.5. The number of carbonyl (C=O) groups is 2. The fourth-order valence-electron chi connectivity index (χ4n) is 3.71. The molecule has 1 aliphatic heterocycles. The van der Waals surface area contributed by atoms with Gasteiger partial charge in [0.15, 0.2) is 0 Å². The molecule has 8 nitrogen and oxygen atoms in total. The molecule has 0 saturated carbocycles. The largest absolute Gasteiger partial charge is 0.497 e. The van der Waals surface area contributed by atoms with Gasteiger partial charge in [-0.05, 0) is 52.3 Å². The molecule has 10 heteroatoms. The molecule has 0 radical (unpaired) electrons. The first-order chi connectivity index (χ1) is 15.9. The number of ether oxygens (including phenoxy) is 1. The number of piperazine rings is 1. The van der Waals surface area contributed by atoms with E-state index in [4.69, 9.17) is 26.4 Å². The Labute approximate surface area is 204 Å². The minimum Gasteiger partial charge on any atom is -0.497 e. The van der Waals surface area contributed by atoms with Crippen LogP contribution < -0.4 is 4.74 Å². The van der Waals surface area contributed by atoms with Crippen molar-refractivity contribution in [1.29, 1.82) is 0 Å². The van der Waals surface area contributed by atoms with Crippen LogP contribution in [0.1, 0.15) is 0 Å². The van der Waals surface area contributed by atoms with Gasteiger partial charge in [-0.2, -0.15) is 0 Å². The maximum atomic E-state index is 13.1. The summed E-state index contributed by atoms with van der Waals surface area (Å²) in [5.41, 5.74) is 2.39. The molecule has 0 bridgehead atoms. The van der Waals surface area contributed by atoms with Crippen molar-refractivity contribution in [3.63, 3.8) is 0 Å². The maximum absolute atomic E-state index is 13.1. The summed E-state index contributed by atoms with van der Waals surface area (Å²) in [7, 11) is 1.61. The lowest BCUT2D eigenvalue weighted by atomic mass is 10.2. The van der Waals surface area contributed by atoms with Crippen LogP contribution in [0.5, 0.6) is 5.75 Å². The van der Waals surface area contributed by atoms with Crippen LogP contribution >= 0.6 is 27.5 Å². The third-order valence-electron chi connectivity index (χ3n) is 5.57. The lowest BCUT2D eigenvalue weighted by Crippen LogP contribution is -2.51. The summed E-state index contributed by atoms with van der Waals surface area (Å²) in [6.07, 6.45) is -0.964. The summed E-state index contributed by atoms with van der Waals surface area (Å²) in [6, 6.07) is 14.8. The zero-order valence-electron chi connectivity index (χ0n) is 17.9. The number of rotatable bonds is 5. The molecule has 1 N–H and O–H groups in total. The molecule has 1 fully saturated rings. The molecule has 33 heavy (non-hydrogen) atoms. The highest BCUT2D eigenvalue weighted by molar-refractivity contribution is 9.10. The van der Waals surface area contributed by atoms with Crippen molar-refractivity contribution >= 4 is 39.5 Å². The molecule has 0 aliphatic carbocycles. The van der Waals surface area contributed by atoms with Crippen LogP contribution in [-0.4, -0.2) is 69.7 Å². The van der Waals surface area contributed by atoms with Crippen molar-refractivity contribution in [3.8, 4) is 28.4 Å². The van der Waals surface area contributed by atoms with Gasteiger partial charge in [-0.15, -0.1) is 0 Å². The Morgan fingerprint density at radius 3 is 2.15 bits per heavy atom. The van der Waals surface area contributed by atoms with Crippen molar-refractivity contribution in [2.24, 2.45) is 0 Å². The zero-order valence-corrected chi connectivity index (χ0v) is 20.2. The third kappa shape index (κ3) is 4.99. The molecule has 0 unspecified atom stereocenters. The molecule has 1 aromatic heterocycles. The van der Waals surface area contributed by atoms with Gasteiger partial charge < -0.3 is 24.2 Å². The molecular formula is C23H22BrClN4O4. The molecule has 3 aromatic rings. The minimum atomic E-state index is -0.964. The summed E-state index contributed by atoms with van der Waals surface area (Å²) in [5.74, 6) is 1.25. The van der Waals surface area contributed by atoms with E-state index < -0.39 is 6.09 Å². The van der Waals surface area contributed by atoms with Crippen LogP contribution in [0.4, 0.5) is 4.79 Å².